The topological polar surface area (TPSA) is 134 Å². The third kappa shape index (κ3) is 5.70. The average Bonchev–Trinajstić information content (AvgIpc) is 2.76. The van der Waals surface area contributed by atoms with Gasteiger partial charge in [0.2, 0.25) is 0 Å². The van der Waals surface area contributed by atoms with E-state index in [1.807, 2.05) is 0 Å². The summed E-state index contributed by atoms with van der Waals surface area (Å²) >= 11 is 0. The zero-order valence-corrected chi connectivity index (χ0v) is 16.9. The third-order valence-corrected chi connectivity index (χ3v) is 5.24. The SMILES string of the molecule is O=C(/C=C/c1ccc(O)cc1)O[C@@H]1C[C@](OCc2ccc(F)cc2)(C(=O)O)C[C@H](O)[C@H]1O. The number of aliphatic carboxylic acids is 1. The summed E-state index contributed by atoms with van der Waals surface area (Å²) in [5.41, 5.74) is -0.803. The van der Waals surface area contributed by atoms with Crippen molar-refractivity contribution >= 4 is 18.0 Å². The number of phenols is 1. The number of carbonyl (C=O) groups is 2. The van der Waals surface area contributed by atoms with Gasteiger partial charge in [0.05, 0.1) is 12.7 Å². The number of ether oxygens (including phenoxy) is 2. The molecule has 0 spiro atoms. The predicted octanol–water partition coefficient (Wildman–Crippen LogP) is 2.01. The van der Waals surface area contributed by atoms with Gasteiger partial charge in [0.1, 0.15) is 23.8 Å². The summed E-state index contributed by atoms with van der Waals surface area (Å²) in [4.78, 5) is 24.2. The van der Waals surface area contributed by atoms with Crippen LogP contribution in [0.25, 0.3) is 6.08 Å². The van der Waals surface area contributed by atoms with E-state index in [1.165, 1.54) is 42.5 Å². The monoisotopic (exact) mass is 446 g/mol. The molecule has 0 saturated heterocycles. The number of carbonyl (C=O) groups excluding carboxylic acids is 1. The van der Waals surface area contributed by atoms with E-state index in [0.717, 1.165) is 6.08 Å². The van der Waals surface area contributed by atoms with Gasteiger partial charge in [0.15, 0.2) is 5.60 Å². The van der Waals surface area contributed by atoms with Crippen molar-refractivity contribution in [2.45, 2.75) is 43.4 Å². The number of esters is 1. The number of hydrogen-bond acceptors (Lipinski definition) is 7. The molecule has 0 aliphatic heterocycles. The molecule has 1 aliphatic carbocycles. The van der Waals surface area contributed by atoms with Crippen molar-refractivity contribution in [1.29, 1.82) is 0 Å². The molecule has 0 amide bonds. The van der Waals surface area contributed by atoms with Gasteiger partial charge < -0.3 is 29.9 Å². The Labute approximate surface area is 183 Å². The molecule has 1 aliphatic rings. The van der Waals surface area contributed by atoms with E-state index in [0.29, 0.717) is 11.1 Å². The Morgan fingerprint density at radius 1 is 1.06 bits per heavy atom. The predicted molar refractivity (Wildman–Crippen MR) is 110 cm³/mol. The van der Waals surface area contributed by atoms with Crippen LogP contribution in [0.1, 0.15) is 24.0 Å². The Bertz CT molecular complexity index is 972. The summed E-state index contributed by atoms with van der Waals surface area (Å²) in [6.07, 6.45) is -2.64. The fourth-order valence-corrected chi connectivity index (χ4v) is 3.44. The highest BCUT2D eigenvalue weighted by Crippen LogP contribution is 2.35. The second-order valence-electron chi connectivity index (χ2n) is 7.58. The molecule has 1 fully saturated rings. The van der Waals surface area contributed by atoms with Gasteiger partial charge in [-0.3, -0.25) is 0 Å². The van der Waals surface area contributed by atoms with Crippen LogP contribution in [0.4, 0.5) is 4.39 Å². The highest BCUT2D eigenvalue weighted by molar-refractivity contribution is 5.87. The quantitative estimate of drug-likeness (QED) is 0.375. The molecule has 32 heavy (non-hydrogen) atoms. The van der Waals surface area contributed by atoms with E-state index in [4.69, 9.17) is 9.47 Å². The highest BCUT2D eigenvalue weighted by atomic mass is 19.1. The van der Waals surface area contributed by atoms with E-state index in [1.54, 1.807) is 12.1 Å². The summed E-state index contributed by atoms with van der Waals surface area (Å²) in [5, 5.41) is 39.6. The molecule has 2 aromatic carbocycles. The lowest BCUT2D eigenvalue weighted by atomic mass is 9.79. The van der Waals surface area contributed by atoms with E-state index in [9.17, 15) is 34.4 Å². The van der Waals surface area contributed by atoms with Crippen LogP contribution in [0.15, 0.2) is 54.6 Å². The lowest BCUT2D eigenvalue weighted by Gasteiger charge is -2.41. The van der Waals surface area contributed by atoms with Crippen molar-refractivity contribution in [3.63, 3.8) is 0 Å². The number of carboxylic acid groups (broad SMARTS) is 1. The first-order chi connectivity index (χ1) is 15.2. The number of hydrogen-bond donors (Lipinski definition) is 4. The van der Waals surface area contributed by atoms with Crippen LogP contribution in [-0.2, 0) is 25.7 Å². The first kappa shape index (κ1) is 23.4. The highest BCUT2D eigenvalue weighted by Gasteiger charge is 2.52. The van der Waals surface area contributed by atoms with E-state index in [2.05, 4.69) is 0 Å². The van der Waals surface area contributed by atoms with Crippen LogP contribution in [0.2, 0.25) is 0 Å². The third-order valence-electron chi connectivity index (χ3n) is 5.24. The number of aliphatic hydroxyl groups excluding tert-OH is 2. The molecule has 0 aromatic heterocycles. The number of halogens is 1. The Kier molecular flexibility index (Phi) is 7.24. The molecule has 0 radical (unpaired) electrons. The maximum absolute atomic E-state index is 13.1. The smallest absolute Gasteiger partial charge is 0.336 e. The molecule has 0 bridgehead atoms. The van der Waals surface area contributed by atoms with Gasteiger partial charge >= 0.3 is 11.9 Å². The lowest BCUT2D eigenvalue weighted by molar-refractivity contribution is -0.209. The first-order valence-corrected chi connectivity index (χ1v) is 9.84. The van der Waals surface area contributed by atoms with E-state index >= 15 is 0 Å². The van der Waals surface area contributed by atoms with Crippen LogP contribution in [0, 0.1) is 5.82 Å². The number of aromatic hydroxyl groups is 1. The molecule has 8 nitrogen and oxygen atoms in total. The van der Waals surface area contributed by atoms with Crippen LogP contribution in [-0.4, -0.2) is 56.3 Å². The molecular formula is C23H23FO8. The van der Waals surface area contributed by atoms with Crippen molar-refractivity contribution in [2.24, 2.45) is 0 Å². The Morgan fingerprint density at radius 3 is 2.34 bits per heavy atom. The Balaban J connectivity index is 1.70. The lowest BCUT2D eigenvalue weighted by Crippen LogP contribution is -2.58. The van der Waals surface area contributed by atoms with Gasteiger partial charge in [-0.2, -0.15) is 0 Å². The van der Waals surface area contributed by atoms with E-state index < -0.39 is 48.1 Å². The molecule has 3 rings (SSSR count). The number of aliphatic hydroxyl groups is 2. The van der Waals surface area contributed by atoms with Gasteiger partial charge in [0, 0.05) is 18.9 Å². The summed E-state index contributed by atoms with van der Waals surface area (Å²) < 4.78 is 23.9. The second kappa shape index (κ2) is 9.90. The molecule has 0 unspecified atom stereocenters. The van der Waals surface area contributed by atoms with Gasteiger partial charge in [-0.1, -0.05) is 24.3 Å². The summed E-state index contributed by atoms with van der Waals surface area (Å²) in [6.45, 7) is -0.184. The minimum atomic E-state index is -1.92. The molecule has 9 heteroatoms. The van der Waals surface area contributed by atoms with Crippen molar-refractivity contribution in [3.8, 4) is 5.75 Å². The first-order valence-electron chi connectivity index (χ1n) is 9.84. The molecule has 2 aromatic rings. The van der Waals surface area contributed by atoms with Crippen molar-refractivity contribution < 1.29 is 43.9 Å². The molecule has 1 saturated carbocycles. The second-order valence-corrected chi connectivity index (χ2v) is 7.58. The van der Waals surface area contributed by atoms with Crippen LogP contribution >= 0.6 is 0 Å². The van der Waals surface area contributed by atoms with Crippen molar-refractivity contribution in [2.75, 3.05) is 0 Å². The Hall–Kier alpha value is -3.27. The minimum Gasteiger partial charge on any atom is -0.508 e. The fraction of sp³-hybridized carbons (Fsp3) is 0.304. The standard InChI is InChI=1S/C23H23FO8/c24-16-6-1-15(2-7-16)13-31-23(22(29)30)11-18(26)21(28)19(12-23)32-20(27)10-5-14-3-8-17(25)9-4-14/h1-10,18-19,21,25-26,28H,11-13H2,(H,29,30)/b10-5+/t18-,19+,21+,23-/m0/s1. The zero-order valence-electron chi connectivity index (χ0n) is 16.9. The van der Waals surface area contributed by atoms with Gasteiger partial charge in [-0.25, -0.2) is 14.0 Å². The fourth-order valence-electron chi connectivity index (χ4n) is 3.44. The zero-order chi connectivity index (χ0) is 23.3. The minimum absolute atomic E-state index is 0.0645. The number of rotatable bonds is 7. The molecule has 4 N–H and O–H groups in total. The molecule has 4 atom stereocenters. The van der Waals surface area contributed by atoms with Gasteiger partial charge in [-0.15, -0.1) is 0 Å². The van der Waals surface area contributed by atoms with Crippen molar-refractivity contribution in [3.05, 3.63) is 71.6 Å². The number of phenolic OH excluding ortho intramolecular Hbond substituents is 1. The Morgan fingerprint density at radius 2 is 1.72 bits per heavy atom. The normalized spacial score (nSPS) is 25.5. The van der Waals surface area contributed by atoms with Gasteiger partial charge in [-0.05, 0) is 41.5 Å². The maximum Gasteiger partial charge on any atom is 0.336 e. The van der Waals surface area contributed by atoms with Crippen LogP contribution < -0.4 is 0 Å². The largest absolute Gasteiger partial charge is 0.508 e. The number of benzene rings is 2. The van der Waals surface area contributed by atoms with Crippen LogP contribution in [0.3, 0.4) is 0 Å². The number of carboxylic acids is 1. The molecule has 170 valence electrons. The van der Waals surface area contributed by atoms with Crippen molar-refractivity contribution in [1.82, 2.24) is 0 Å². The van der Waals surface area contributed by atoms with Gasteiger partial charge in [0.25, 0.3) is 0 Å². The van der Waals surface area contributed by atoms with E-state index in [-0.39, 0.29) is 18.8 Å². The molecule has 0 heterocycles. The summed E-state index contributed by atoms with van der Waals surface area (Å²) in [6, 6.07) is 11.3. The average molecular weight is 446 g/mol. The summed E-state index contributed by atoms with van der Waals surface area (Å²) in [7, 11) is 0. The summed E-state index contributed by atoms with van der Waals surface area (Å²) in [5.74, 6) is -2.62. The van der Waals surface area contributed by atoms with Crippen LogP contribution in [0.5, 0.6) is 5.75 Å². The molecular weight excluding hydrogens is 423 g/mol. The maximum atomic E-state index is 13.1.